The van der Waals surface area contributed by atoms with Crippen LogP contribution in [0, 0.1) is 0 Å². The van der Waals surface area contributed by atoms with Gasteiger partial charge in [0.05, 0.1) is 17.4 Å². The zero-order valence-corrected chi connectivity index (χ0v) is 17.1. The van der Waals surface area contributed by atoms with Gasteiger partial charge < -0.3 is 10.6 Å². The molecule has 148 valence electrons. The molecule has 0 fully saturated rings. The third-order valence-corrected chi connectivity index (χ3v) is 4.56. The molecule has 0 aliphatic carbocycles. The van der Waals surface area contributed by atoms with Crippen molar-refractivity contribution in [3.63, 3.8) is 0 Å². The van der Waals surface area contributed by atoms with Gasteiger partial charge in [-0.1, -0.05) is 61.9 Å². The summed E-state index contributed by atoms with van der Waals surface area (Å²) in [5.41, 5.74) is 9.90. The van der Waals surface area contributed by atoms with Crippen LogP contribution in [0.25, 0.3) is 16.9 Å². The molecule has 0 spiro atoms. The molecular weight excluding hydrogens is 372 g/mol. The molecule has 0 aliphatic rings. The van der Waals surface area contributed by atoms with E-state index in [9.17, 15) is 4.79 Å². The Balaban J connectivity index is 0.00000280. The van der Waals surface area contributed by atoms with Crippen molar-refractivity contribution in [3.8, 4) is 16.9 Å². The van der Waals surface area contributed by atoms with Crippen molar-refractivity contribution in [1.29, 1.82) is 0 Å². The standard InChI is InChI=1S/C22H26N4O.ClH/c1-3-10-20(23)22(27)25(2)15-18-16-26(19-13-8-5-9-14-19)24-21(18)17-11-6-4-7-12-17;/h4-9,11-14,16,20H,3,10,15,23H2,1-2H3;1H. The number of aromatic nitrogens is 2. The second-order valence-corrected chi connectivity index (χ2v) is 6.74. The maximum atomic E-state index is 12.5. The highest BCUT2D eigenvalue weighted by Gasteiger charge is 2.20. The Kier molecular flexibility index (Phi) is 7.79. The molecule has 5 nitrogen and oxygen atoms in total. The van der Waals surface area contributed by atoms with E-state index in [0.717, 1.165) is 28.9 Å². The number of para-hydroxylation sites is 1. The van der Waals surface area contributed by atoms with Crippen molar-refractivity contribution in [3.05, 3.63) is 72.4 Å². The van der Waals surface area contributed by atoms with Gasteiger partial charge in [-0.2, -0.15) is 5.10 Å². The van der Waals surface area contributed by atoms with Gasteiger partial charge in [-0.25, -0.2) is 4.68 Å². The maximum absolute atomic E-state index is 12.5. The highest BCUT2D eigenvalue weighted by Crippen LogP contribution is 2.24. The lowest BCUT2D eigenvalue weighted by atomic mass is 10.1. The SMILES string of the molecule is CCCC(N)C(=O)N(C)Cc1cn(-c2ccccc2)nc1-c1ccccc1.Cl. The van der Waals surface area contributed by atoms with Crippen LogP contribution in [0.4, 0.5) is 0 Å². The summed E-state index contributed by atoms with van der Waals surface area (Å²) in [5.74, 6) is -0.0386. The fraction of sp³-hybridized carbons (Fsp3) is 0.273. The highest BCUT2D eigenvalue weighted by atomic mass is 35.5. The van der Waals surface area contributed by atoms with Crippen LogP contribution in [-0.4, -0.2) is 33.7 Å². The van der Waals surface area contributed by atoms with Crippen molar-refractivity contribution < 1.29 is 4.79 Å². The highest BCUT2D eigenvalue weighted by molar-refractivity contribution is 5.85. The van der Waals surface area contributed by atoms with Gasteiger partial charge in [0.15, 0.2) is 0 Å². The van der Waals surface area contributed by atoms with Crippen LogP contribution in [-0.2, 0) is 11.3 Å². The summed E-state index contributed by atoms with van der Waals surface area (Å²) in [6, 6.07) is 19.6. The molecule has 3 rings (SSSR count). The minimum atomic E-state index is -0.454. The van der Waals surface area contributed by atoms with Crippen LogP contribution in [0.1, 0.15) is 25.3 Å². The zero-order valence-electron chi connectivity index (χ0n) is 16.3. The molecule has 1 unspecified atom stereocenters. The average Bonchev–Trinajstić information content (AvgIpc) is 3.12. The van der Waals surface area contributed by atoms with E-state index in [1.807, 2.05) is 78.5 Å². The predicted molar refractivity (Wildman–Crippen MR) is 116 cm³/mol. The molecule has 3 aromatic rings. The largest absolute Gasteiger partial charge is 0.340 e. The minimum Gasteiger partial charge on any atom is -0.340 e. The summed E-state index contributed by atoms with van der Waals surface area (Å²) in [4.78, 5) is 14.2. The first-order valence-electron chi connectivity index (χ1n) is 9.30. The van der Waals surface area contributed by atoms with Crippen LogP contribution in [0.2, 0.25) is 0 Å². The number of hydrogen-bond acceptors (Lipinski definition) is 3. The number of halogens is 1. The lowest BCUT2D eigenvalue weighted by Crippen LogP contribution is -2.41. The Bertz CT molecular complexity index is 880. The third-order valence-electron chi connectivity index (χ3n) is 4.56. The quantitative estimate of drug-likeness (QED) is 0.653. The molecule has 0 aliphatic heterocycles. The van der Waals surface area contributed by atoms with Crippen LogP contribution in [0.5, 0.6) is 0 Å². The molecule has 1 heterocycles. The fourth-order valence-corrected chi connectivity index (χ4v) is 3.13. The van der Waals surface area contributed by atoms with Crippen LogP contribution < -0.4 is 5.73 Å². The Labute approximate surface area is 172 Å². The fourth-order valence-electron chi connectivity index (χ4n) is 3.13. The number of amides is 1. The van der Waals surface area contributed by atoms with Gasteiger partial charge in [0.2, 0.25) is 5.91 Å². The van der Waals surface area contributed by atoms with Crippen molar-refractivity contribution >= 4 is 18.3 Å². The Morgan fingerprint density at radius 1 is 1.11 bits per heavy atom. The van der Waals surface area contributed by atoms with Crippen LogP contribution in [0.3, 0.4) is 0 Å². The van der Waals surface area contributed by atoms with E-state index in [4.69, 9.17) is 10.8 Å². The van der Waals surface area contributed by atoms with E-state index in [0.29, 0.717) is 13.0 Å². The van der Waals surface area contributed by atoms with Crippen molar-refractivity contribution in [2.75, 3.05) is 7.05 Å². The summed E-state index contributed by atoms with van der Waals surface area (Å²) in [5, 5.41) is 4.79. The number of nitrogens with two attached hydrogens (primary N) is 1. The molecule has 0 saturated heterocycles. The smallest absolute Gasteiger partial charge is 0.239 e. The second-order valence-electron chi connectivity index (χ2n) is 6.74. The molecule has 1 atom stereocenters. The van der Waals surface area contributed by atoms with E-state index < -0.39 is 6.04 Å². The Morgan fingerprint density at radius 2 is 1.71 bits per heavy atom. The number of rotatable bonds is 7. The molecule has 2 aromatic carbocycles. The van der Waals surface area contributed by atoms with E-state index in [1.165, 1.54) is 0 Å². The monoisotopic (exact) mass is 398 g/mol. The number of carbonyl (C=O) groups excluding carboxylic acids is 1. The lowest BCUT2D eigenvalue weighted by molar-refractivity contribution is -0.131. The van der Waals surface area contributed by atoms with E-state index in [2.05, 4.69) is 0 Å². The molecule has 0 bridgehead atoms. The Hall–Kier alpha value is -2.63. The number of carbonyl (C=O) groups is 1. The van der Waals surface area contributed by atoms with Gasteiger partial charge in [-0.15, -0.1) is 12.4 Å². The molecular formula is C22H27ClN4O. The molecule has 28 heavy (non-hydrogen) atoms. The lowest BCUT2D eigenvalue weighted by Gasteiger charge is -2.21. The summed E-state index contributed by atoms with van der Waals surface area (Å²) in [7, 11) is 1.80. The second kappa shape index (κ2) is 10.1. The van der Waals surface area contributed by atoms with Gasteiger partial charge >= 0.3 is 0 Å². The van der Waals surface area contributed by atoms with Gasteiger partial charge in [-0.3, -0.25) is 4.79 Å². The number of likely N-dealkylation sites (N-methyl/N-ethyl adjacent to an activating group) is 1. The summed E-state index contributed by atoms with van der Waals surface area (Å²) < 4.78 is 1.86. The van der Waals surface area contributed by atoms with E-state index in [-0.39, 0.29) is 18.3 Å². The third kappa shape index (κ3) is 5.00. The molecule has 6 heteroatoms. The summed E-state index contributed by atoms with van der Waals surface area (Å²) in [6.07, 6.45) is 3.58. The van der Waals surface area contributed by atoms with E-state index in [1.54, 1.807) is 11.9 Å². The maximum Gasteiger partial charge on any atom is 0.239 e. The first-order valence-corrected chi connectivity index (χ1v) is 9.30. The van der Waals surface area contributed by atoms with Crippen molar-refractivity contribution in [2.24, 2.45) is 5.73 Å². The summed E-state index contributed by atoms with van der Waals surface area (Å²) >= 11 is 0. The molecule has 2 N–H and O–H groups in total. The molecule has 0 radical (unpaired) electrons. The number of nitrogens with zero attached hydrogens (tertiary/aromatic N) is 3. The topological polar surface area (TPSA) is 64.2 Å². The van der Waals surface area contributed by atoms with E-state index >= 15 is 0 Å². The number of hydrogen-bond donors (Lipinski definition) is 1. The van der Waals surface area contributed by atoms with Crippen molar-refractivity contribution in [2.45, 2.75) is 32.4 Å². The van der Waals surface area contributed by atoms with Crippen LogP contribution in [0.15, 0.2) is 66.9 Å². The average molecular weight is 399 g/mol. The molecule has 1 aromatic heterocycles. The predicted octanol–water partition coefficient (Wildman–Crippen LogP) is 4.05. The van der Waals surface area contributed by atoms with Crippen LogP contribution >= 0.6 is 12.4 Å². The van der Waals surface area contributed by atoms with Gasteiger partial charge in [0.1, 0.15) is 0 Å². The minimum absolute atomic E-state index is 0. The first-order chi connectivity index (χ1) is 13.1. The molecule has 1 amide bonds. The van der Waals surface area contributed by atoms with Gasteiger partial charge in [-0.05, 0) is 18.6 Å². The zero-order chi connectivity index (χ0) is 19.2. The molecule has 0 saturated carbocycles. The normalized spacial score (nSPS) is 11.5. The van der Waals surface area contributed by atoms with Crippen molar-refractivity contribution in [1.82, 2.24) is 14.7 Å². The van der Waals surface area contributed by atoms with Gasteiger partial charge in [0.25, 0.3) is 0 Å². The number of benzene rings is 2. The first kappa shape index (κ1) is 21.7. The Morgan fingerprint density at radius 3 is 2.32 bits per heavy atom. The summed E-state index contributed by atoms with van der Waals surface area (Å²) in [6.45, 7) is 2.50. The van der Waals surface area contributed by atoms with Gasteiger partial charge in [0, 0.05) is 30.9 Å².